The zero-order valence-electron chi connectivity index (χ0n) is 15.6. The van der Waals surface area contributed by atoms with Crippen LogP contribution in [0.15, 0.2) is 24.3 Å². The second-order valence-electron chi connectivity index (χ2n) is 7.51. The van der Waals surface area contributed by atoms with Gasteiger partial charge < -0.3 is 10.2 Å². The Kier molecular flexibility index (Phi) is 5.69. The molecule has 2 heterocycles. The second kappa shape index (κ2) is 7.96. The van der Waals surface area contributed by atoms with Gasteiger partial charge in [0.05, 0.1) is 11.1 Å². The lowest BCUT2D eigenvalue weighted by Crippen LogP contribution is -2.38. The first-order valence-electron chi connectivity index (χ1n) is 9.41. The Morgan fingerprint density at radius 3 is 2.72 bits per heavy atom. The van der Waals surface area contributed by atoms with Gasteiger partial charge in [-0.1, -0.05) is 25.0 Å². The van der Waals surface area contributed by atoms with Gasteiger partial charge in [0.1, 0.15) is 0 Å². The van der Waals surface area contributed by atoms with Gasteiger partial charge in [-0.05, 0) is 63.9 Å². The number of amides is 1. The lowest BCUT2D eigenvalue weighted by Gasteiger charge is -2.29. The largest absolute Gasteiger partial charge is 0.352 e. The van der Waals surface area contributed by atoms with Crippen molar-refractivity contribution in [2.45, 2.75) is 40.0 Å². The van der Waals surface area contributed by atoms with Gasteiger partial charge in [0.15, 0.2) is 0 Å². The van der Waals surface area contributed by atoms with Crippen LogP contribution in [0.25, 0.3) is 10.9 Å². The van der Waals surface area contributed by atoms with Gasteiger partial charge in [0.25, 0.3) is 5.91 Å². The summed E-state index contributed by atoms with van der Waals surface area (Å²) in [6, 6.07) is 7.98. The standard InChI is InChI=1S/C21H29N3O/c1-15-7-8-20-18(11-15)19(12-17(3)23-20)21(25)22-13-16(2)14-24-9-5-4-6-10-24/h7-8,11-12,16H,4-6,9-10,13-14H2,1-3H3,(H,22,25). The fraction of sp³-hybridized carbons (Fsp3) is 0.524. The number of likely N-dealkylation sites (tertiary alicyclic amines) is 1. The molecule has 1 aliphatic rings. The van der Waals surface area contributed by atoms with Crippen molar-refractivity contribution >= 4 is 16.8 Å². The molecule has 3 rings (SSSR count). The molecule has 1 amide bonds. The molecule has 1 aromatic heterocycles. The van der Waals surface area contributed by atoms with Crippen molar-refractivity contribution in [3.05, 3.63) is 41.1 Å². The van der Waals surface area contributed by atoms with E-state index in [1.807, 2.05) is 38.1 Å². The van der Waals surface area contributed by atoms with Crippen LogP contribution in [0.5, 0.6) is 0 Å². The highest BCUT2D eigenvalue weighted by Gasteiger charge is 2.16. The number of benzene rings is 1. The van der Waals surface area contributed by atoms with E-state index in [9.17, 15) is 4.79 Å². The molecule has 1 atom stereocenters. The molecule has 134 valence electrons. The monoisotopic (exact) mass is 339 g/mol. The van der Waals surface area contributed by atoms with Crippen LogP contribution in [0.1, 0.15) is 47.8 Å². The van der Waals surface area contributed by atoms with Crippen LogP contribution in [-0.4, -0.2) is 42.0 Å². The fourth-order valence-corrected chi connectivity index (χ4v) is 3.67. The molecule has 1 aromatic carbocycles. The first-order valence-corrected chi connectivity index (χ1v) is 9.41. The highest BCUT2D eigenvalue weighted by molar-refractivity contribution is 6.06. The Hall–Kier alpha value is -1.94. The summed E-state index contributed by atoms with van der Waals surface area (Å²) in [5.41, 5.74) is 3.64. The van der Waals surface area contributed by atoms with Crippen molar-refractivity contribution in [1.82, 2.24) is 15.2 Å². The molecule has 1 unspecified atom stereocenters. The highest BCUT2D eigenvalue weighted by atomic mass is 16.1. The number of carbonyl (C=O) groups is 1. The topological polar surface area (TPSA) is 45.2 Å². The number of fused-ring (bicyclic) bond motifs is 1. The SMILES string of the molecule is Cc1ccc2nc(C)cc(C(=O)NCC(C)CN3CCCCC3)c2c1. The first kappa shape index (κ1) is 17.9. The fourth-order valence-electron chi connectivity index (χ4n) is 3.67. The van der Waals surface area contributed by atoms with E-state index in [2.05, 4.69) is 22.1 Å². The number of pyridine rings is 1. The van der Waals surface area contributed by atoms with Crippen molar-refractivity contribution in [3.8, 4) is 0 Å². The highest BCUT2D eigenvalue weighted by Crippen LogP contribution is 2.20. The van der Waals surface area contributed by atoms with Crippen LogP contribution in [0.3, 0.4) is 0 Å². The van der Waals surface area contributed by atoms with Crippen LogP contribution in [0.4, 0.5) is 0 Å². The molecular weight excluding hydrogens is 310 g/mol. The minimum absolute atomic E-state index is 0.00611. The molecule has 0 bridgehead atoms. The average Bonchev–Trinajstić information content (AvgIpc) is 2.60. The van der Waals surface area contributed by atoms with Crippen molar-refractivity contribution in [2.24, 2.45) is 5.92 Å². The van der Waals surface area contributed by atoms with Crippen molar-refractivity contribution in [3.63, 3.8) is 0 Å². The Bertz CT molecular complexity index is 750. The van der Waals surface area contributed by atoms with E-state index in [0.717, 1.165) is 34.3 Å². The third-order valence-electron chi connectivity index (χ3n) is 4.97. The molecule has 4 heteroatoms. The summed E-state index contributed by atoms with van der Waals surface area (Å²) in [6.07, 6.45) is 3.97. The predicted molar refractivity (Wildman–Crippen MR) is 103 cm³/mol. The summed E-state index contributed by atoms with van der Waals surface area (Å²) in [6.45, 7) is 10.4. The van der Waals surface area contributed by atoms with Crippen LogP contribution in [0.2, 0.25) is 0 Å². The summed E-state index contributed by atoms with van der Waals surface area (Å²) in [5.74, 6) is 0.463. The maximum Gasteiger partial charge on any atom is 0.252 e. The molecule has 0 saturated carbocycles. The first-order chi connectivity index (χ1) is 12.0. The van der Waals surface area contributed by atoms with Gasteiger partial charge in [-0.3, -0.25) is 9.78 Å². The van der Waals surface area contributed by atoms with E-state index >= 15 is 0 Å². The lowest BCUT2D eigenvalue weighted by atomic mass is 10.0. The molecule has 25 heavy (non-hydrogen) atoms. The average molecular weight is 339 g/mol. The van der Waals surface area contributed by atoms with Crippen LogP contribution in [-0.2, 0) is 0 Å². The van der Waals surface area contributed by atoms with Crippen molar-refractivity contribution in [1.29, 1.82) is 0 Å². The number of aromatic nitrogens is 1. The smallest absolute Gasteiger partial charge is 0.252 e. The molecule has 1 fully saturated rings. The molecule has 4 nitrogen and oxygen atoms in total. The number of nitrogens with one attached hydrogen (secondary N) is 1. The lowest BCUT2D eigenvalue weighted by molar-refractivity contribution is 0.0944. The number of rotatable bonds is 5. The molecule has 0 aliphatic carbocycles. The Morgan fingerprint density at radius 2 is 1.96 bits per heavy atom. The minimum atomic E-state index is 0.00611. The number of aryl methyl sites for hydroxylation is 2. The van der Waals surface area contributed by atoms with Gasteiger partial charge in [-0.25, -0.2) is 0 Å². The van der Waals surface area contributed by atoms with Crippen LogP contribution in [0, 0.1) is 19.8 Å². The molecule has 0 spiro atoms. The van der Waals surface area contributed by atoms with Gasteiger partial charge in [0.2, 0.25) is 0 Å². The molecule has 1 N–H and O–H groups in total. The Balaban J connectivity index is 1.66. The van der Waals surface area contributed by atoms with E-state index in [0.29, 0.717) is 12.5 Å². The molecule has 0 radical (unpaired) electrons. The van der Waals surface area contributed by atoms with Crippen LogP contribution >= 0.6 is 0 Å². The van der Waals surface area contributed by atoms with Gasteiger partial charge in [0, 0.05) is 24.2 Å². The van der Waals surface area contributed by atoms with Crippen molar-refractivity contribution in [2.75, 3.05) is 26.2 Å². The van der Waals surface area contributed by atoms with E-state index in [1.165, 1.54) is 32.4 Å². The maximum atomic E-state index is 12.8. The summed E-state index contributed by atoms with van der Waals surface area (Å²) in [7, 11) is 0. The van der Waals surface area contributed by atoms with Gasteiger partial charge in [-0.2, -0.15) is 0 Å². The number of hydrogen-bond donors (Lipinski definition) is 1. The second-order valence-corrected chi connectivity index (χ2v) is 7.51. The van der Waals surface area contributed by atoms with E-state index in [4.69, 9.17) is 0 Å². The summed E-state index contributed by atoms with van der Waals surface area (Å²) >= 11 is 0. The maximum absolute atomic E-state index is 12.8. The summed E-state index contributed by atoms with van der Waals surface area (Å²) < 4.78 is 0. The zero-order valence-corrected chi connectivity index (χ0v) is 15.6. The third kappa shape index (κ3) is 4.57. The zero-order chi connectivity index (χ0) is 17.8. The number of carbonyl (C=O) groups excluding carboxylic acids is 1. The molecular formula is C21H29N3O. The van der Waals surface area contributed by atoms with E-state index < -0.39 is 0 Å². The third-order valence-corrected chi connectivity index (χ3v) is 4.97. The van der Waals surface area contributed by atoms with Gasteiger partial charge in [-0.15, -0.1) is 0 Å². The quantitative estimate of drug-likeness (QED) is 0.903. The normalized spacial score (nSPS) is 16.8. The summed E-state index contributed by atoms with van der Waals surface area (Å²) in [5, 5.41) is 4.07. The van der Waals surface area contributed by atoms with Gasteiger partial charge >= 0.3 is 0 Å². The number of nitrogens with zero attached hydrogens (tertiary/aromatic N) is 2. The summed E-state index contributed by atoms with van der Waals surface area (Å²) in [4.78, 5) is 19.8. The molecule has 1 saturated heterocycles. The van der Waals surface area contributed by atoms with Crippen LogP contribution < -0.4 is 5.32 Å². The van der Waals surface area contributed by atoms with Crippen molar-refractivity contribution < 1.29 is 4.79 Å². The number of hydrogen-bond acceptors (Lipinski definition) is 3. The number of piperidine rings is 1. The Morgan fingerprint density at radius 1 is 1.20 bits per heavy atom. The predicted octanol–water partition coefficient (Wildman–Crippen LogP) is 3.70. The Labute approximate surface area is 150 Å². The minimum Gasteiger partial charge on any atom is -0.352 e. The van der Waals surface area contributed by atoms with E-state index in [1.54, 1.807) is 0 Å². The molecule has 2 aromatic rings. The van der Waals surface area contributed by atoms with E-state index in [-0.39, 0.29) is 5.91 Å². The molecule has 1 aliphatic heterocycles.